The van der Waals surface area contributed by atoms with Crippen molar-refractivity contribution in [1.29, 1.82) is 0 Å². The Bertz CT molecular complexity index is 258. The summed E-state index contributed by atoms with van der Waals surface area (Å²) in [5.41, 5.74) is 2.51. The van der Waals surface area contributed by atoms with E-state index in [2.05, 4.69) is 10.5 Å². The number of halogens is 4. The smallest absolute Gasteiger partial charge is 0.405 e. The van der Waals surface area contributed by atoms with E-state index >= 15 is 0 Å². The van der Waals surface area contributed by atoms with Gasteiger partial charge in [0.1, 0.15) is 0 Å². The Hall–Kier alpha value is -0.650. The van der Waals surface area contributed by atoms with Crippen molar-refractivity contribution in [3.8, 4) is 0 Å². The highest BCUT2D eigenvalue weighted by atomic mass is 35.5. The number of carbonyl (C=O) groups excluding carboxylic acids is 1. The van der Waals surface area contributed by atoms with E-state index in [-0.39, 0.29) is 0 Å². The van der Waals surface area contributed by atoms with E-state index in [9.17, 15) is 18.0 Å². The molecule has 0 spiro atoms. The molecule has 1 saturated carbocycles. The van der Waals surface area contributed by atoms with Gasteiger partial charge in [-0.2, -0.15) is 0 Å². The molecule has 1 aliphatic rings. The van der Waals surface area contributed by atoms with Crippen molar-refractivity contribution >= 4 is 17.7 Å². The second-order valence-corrected chi connectivity index (χ2v) is 3.63. The van der Waals surface area contributed by atoms with E-state index in [4.69, 9.17) is 11.6 Å². The third-order valence-corrected chi connectivity index (χ3v) is 2.69. The van der Waals surface area contributed by atoms with Crippen LogP contribution in [0.2, 0.25) is 0 Å². The van der Waals surface area contributed by atoms with E-state index in [0.29, 0.717) is 0 Å². The molecule has 0 bridgehead atoms. The number of hydrogen-bond donors (Lipinski definition) is 1. The summed E-state index contributed by atoms with van der Waals surface area (Å²) >= 11 is 4.90. The van der Waals surface area contributed by atoms with E-state index in [1.807, 2.05) is 0 Å². The van der Waals surface area contributed by atoms with Crippen LogP contribution in [0.1, 0.15) is 13.3 Å². The Labute approximate surface area is 77.0 Å². The third kappa shape index (κ3) is 1.23. The Kier molecular flexibility index (Phi) is 1.95. The number of rotatable bonds is 1. The van der Waals surface area contributed by atoms with E-state index < -0.39 is 29.2 Å². The molecule has 0 saturated heterocycles. The Morgan fingerprint density at radius 1 is 1.54 bits per heavy atom. The fourth-order valence-corrected chi connectivity index (χ4v) is 1.42. The summed E-state index contributed by atoms with van der Waals surface area (Å²) in [6, 6.07) is 0. The average molecular weight is 218 g/mol. The lowest BCUT2D eigenvalue weighted by atomic mass is 9.75. The standard InChI is InChI=1S/C6H7ClF3NO2/c1-4(13-3(11)12)2-5(8,9)6(4,7)10/h2H2,1H3,(H2,11,12). The Morgan fingerprint density at radius 3 is 2.23 bits per heavy atom. The fraction of sp³-hybridized carbons (Fsp3) is 0.833. The lowest BCUT2D eigenvalue weighted by Crippen LogP contribution is -2.71. The largest absolute Gasteiger partial charge is 0.438 e. The first-order chi connectivity index (χ1) is 5.62. The van der Waals surface area contributed by atoms with Gasteiger partial charge in [-0.3, -0.25) is 0 Å². The van der Waals surface area contributed by atoms with Crippen molar-refractivity contribution in [2.75, 3.05) is 0 Å². The molecule has 2 unspecified atom stereocenters. The van der Waals surface area contributed by atoms with Gasteiger partial charge in [-0.05, 0) is 6.92 Å². The molecule has 76 valence electrons. The molecule has 0 aliphatic heterocycles. The van der Waals surface area contributed by atoms with Crippen LogP contribution in [-0.4, -0.2) is 22.7 Å². The Morgan fingerprint density at radius 2 is 2.00 bits per heavy atom. The summed E-state index contributed by atoms with van der Waals surface area (Å²) < 4.78 is 42.3. The predicted octanol–water partition coefficient (Wildman–Crippen LogP) is 1.78. The van der Waals surface area contributed by atoms with Gasteiger partial charge in [0.25, 0.3) is 5.13 Å². The minimum atomic E-state index is -3.70. The number of carbonyl (C=O) groups is 1. The summed E-state index contributed by atoms with van der Waals surface area (Å²) in [5.74, 6) is -3.70. The SMILES string of the molecule is CC1(OC(N)=O)CC(F)(F)C1(F)Cl. The van der Waals surface area contributed by atoms with Crippen LogP contribution >= 0.6 is 11.6 Å². The van der Waals surface area contributed by atoms with Gasteiger partial charge in [-0.25, -0.2) is 18.0 Å². The van der Waals surface area contributed by atoms with E-state index in [0.717, 1.165) is 6.92 Å². The molecule has 2 N–H and O–H groups in total. The Balaban J connectivity index is 2.82. The number of primary amides is 1. The van der Waals surface area contributed by atoms with Crippen molar-refractivity contribution < 1.29 is 22.7 Å². The van der Waals surface area contributed by atoms with Crippen LogP contribution in [0.4, 0.5) is 18.0 Å². The van der Waals surface area contributed by atoms with Crippen LogP contribution in [0.15, 0.2) is 0 Å². The predicted molar refractivity (Wildman–Crippen MR) is 38.3 cm³/mol. The normalized spacial score (nSPS) is 42.2. The summed E-state index contributed by atoms with van der Waals surface area (Å²) in [5, 5.41) is -3.38. The summed E-state index contributed by atoms with van der Waals surface area (Å²) in [7, 11) is 0. The number of nitrogens with two attached hydrogens (primary N) is 1. The molecule has 13 heavy (non-hydrogen) atoms. The first-order valence-corrected chi connectivity index (χ1v) is 3.74. The molecule has 1 fully saturated rings. The second kappa shape index (κ2) is 2.43. The molecule has 1 rings (SSSR count). The van der Waals surface area contributed by atoms with Crippen LogP contribution in [-0.2, 0) is 4.74 Å². The van der Waals surface area contributed by atoms with Gasteiger partial charge in [0.2, 0.25) is 0 Å². The highest BCUT2D eigenvalue weighted by molar-refractivity contribution is 6.25. The summed E-state index contributed by atoms with van der Waals surface area (Å²) in [6.07, 6.45) is -2.30. The van der Waals surface area contributed by atoms with Crippen LogP contribution in [0, 0.1) is 0 Å². The van der Waals surface area contributed by atoms with Gasteiger partial charge >= 0.3 is 12.0 Å². The molecule has 0 aromatic rings. The molecule has 7 heteroatoms. The van der Waals surface area contributed by atoms with Crippen molar-refractivity contribution in [3.05, 3.63) is 0 Å². The first kappa shape index (κ1) is 10.4. The fourth-order valence-electron chi connectivity index (χ4n) is 1.25. The molecule has 2 atom stereocenters. The van der Waals surface area contributed by atoms with Crippen LogP contribution in [0.25, 0.3) is 0 Å². The van der Waals surface area contributed by atoms with Crippen molar-refractivity contribution in [2.24, 2.45) is 5.73 Å². The topological polar surface area (TPSA) is 52.3 Å². The minimum Gasteiger partial charge on any atom is -0.438 e. The average Bonchev–Trinajstić information content (AvgIpc) is 1.82. The van der Waals surface area contributed by atoms with Crippen molar-refractivity contribution in [2.45, 2.75) is 30.0 Å². The van der Waals surface area contributed by atoms with Gasteiger partial charge in [-0.15, -0.1) is 0 Å². The van der Waals surface area contributed by atoms with Crippen LogP contribution < -0.4 is 5.73 Å². The van der Waals surface area contributed by atoms with E-state index in [1.165, 1.54) is 0 Å². The van der Waals surface area contributed by atoms with Crippen molar-refractivity contribution in [1.82, 2.24) is 0 Å². The second-order valence-electron chi connectivity index (χ2n) is 3.11. The maximum atomic E-state index is 13.1. The quantitative estimate of drug-likeness (QED) is 0.681. The van der Waals surface area contributed by atoms with Crippen LogP contribution in [0.3, 0.4) is 0 Å². The highest BCUT2D eigenvalue weighted by Gasteiger charge is 2.78. The number of ether oxygens (including phenoxy) is 1. The maximum absolute atomic E-state index is 13.1. The van der Waals surface area contributed by atoms with Crippen LogP contribution in [0.5, 0.6) is 0 Å². The van der Waals surface area contributed by atoms with E-state index in [1.54, 1.807) is 0 Å². The molecule has 3 nitrogen and oxygen atoms in total. The molecular formula is C6H7ClF3NO2. The first-order valence-electron chi connectivity index (χ1n) is 3.36. The zero-order valence-corrected chi connectivity index (χ0v) is 7.37. The molecule has 0 radical (unpaired) electrons. The molecule has 1 amide bonds. The van der Waals surface area contributed by atoms with Gasteiger partial charge in [-0.1, -0.05) is 11.6 Å². The number of amides is 1. The number of alkyl halides is 4. The number of hydrogen-bond acceptors (Lipinski definition) is 2. The molecule has 0 aromatic heterocycles. The summed E-state index contributed by atoms with van der Waals surface area (Å²) in [6.45, 7) is 0.960. The van der Waals surface area contributed by atoms with Gasteiger partial charge in [0.05, 0.1) is 6.42 Å². The van der Waals surface area contributed by atoms with Gasteiger partial charge in [0, 0.05) is 0 Å². The lowest BCUT2D eigenvalue weighted by Gasteiger charge is -2.51. The lowest BCUT2D eigenvalue weighted by molar-refractivity contribution is -0.278. The summed E-state index contributed by atoms with van der Waals surface area (Å²) in [4.78, 5) is 10.2. The molecule has 0 aromatic carbocycles. The zero-order valence-electron chi connectivity index (χ0n) is 6.61. The van der Waals surface area contributed by atoms with Crippen molar-refractivity contribution in [3.63, 3.8) is 0 Å². The minimum absolute atomic E-state index is 0.960. The maximum Gasteiger partial charge on any atom is 0.405 e. The monoisotopic (exact) mass is 217 g/mol. The van der Waals surface area contributed by atoms with Gasteiger partial charge < -0.3 is 10.5 Å². The molecular weight excluding hydrogens is 211 g/mol. The molecule has 0 heterocycles. The zero-order chi connectivity index (χ0) is 10.5. The third-order valence-electron chi connectivity index (χ3n) is 2.01. The van der Waals surface area contributed by atoms with Gasteiger partial charge in [0.15, 0.2) is 5.60 Å². The molecule has 1 aliphatic carbocycles. The highest BCUT2D eigenvalue weighted by Crippen LogP contribution is 2.60.